The SMILES string of the molecule is C[C@@H](NC(=O)COC(=O)c1ccc(N)cc1)c1ccc2c(c1)CCCC2. The van der Waals surface area contributed by atoms with Crippen molar-refractivity contribution < 1.29 is 14.3 Å². The van der Waals surface area contributed by atoms with Gasteiger partial charge in [-0.2, -0.15) is 0 Å². The summed E-state index contributed by atoms with van der Waals surface area (Å²) in [6.45, 7) is 1.63. The molecule has 5 heteroatoms. The lowest BCUT2D eigenvalue weighted by atomic mass is 9.89. The fraction of sp³-hybridized carbons (Fsp3) is 0.333. The van der Waals surface area contributed by atoms with E-state index in [4.69, 9.17) is 10.5 Å². The number of esters is 1. The molecule has 2 aromatic carbocycles. The third kappa shape index (κ3) is 4.42. The van der Waals surface area contributed by atoms with Crippen LogP contribution in [0.25, 0.3) is 0 Å². The minimum absolute atomic E-state index is 0.134. The molecule has 0 spiro atoms. The van der Waals surface area contributed by atoms with Crippen LogP contribution < -0.4 is 11.1 Å². The van der Waals surface area contributed by atoms with Crippen LogP contribution in [0.2, 0.25) is 0 Å². The van der Waals surface area contributed by atoms with E-state index in [1.165, 1.54) is 24.0 Å². The van der Waals surface area contributed by atoms with Crippen molar-refractivity contribution in [3.63, 3.8) is 0 Å². The van der Waals surface area contributed by atoms with Crippen molar-refractivity contribution >= 4 is 17.6 Å². The third-order valence-corrected chi connectivity index (χ3v) is 4.73. The second-order valence-electron chi connectivity index (χ2n) is 6.72. The van der Waals surface area contributed by atoms with Crippen molar-refractivity contribution in [3.05, 3.63) is 64.7 Å². The second kappa shape index (κ2) is 8.04. The number of ether oxygens (including phenoxy) is 1. The van der Waals surface area contributed by atoms with Gasteiger partial charge in [0, 0.05) is 5.69 Å². The lowest BCUT2D eigenvalue weighted by Gasteiger charge is -2.20. The van der Waals surface area contributed by atoms with Crippen LogP contribution in [0, 0.1) is 0 Å². The molecule has 0 saturated heterocycles. The molecule has 0 bridgehead atoms. The molecule has 0 fully saturated rings. The Morgan fingerprint density at radius 3 is 2.50 bits per heavy atom. The molecule has 0 aliphatic heterocycles. The predicted molar refractivity (Wildman–Crippen MR) is 101 cm³/mol. The highest BCUT2D eigenvalue weighted by Gasteiger charge is 2.15. The fourth-order valence-electron chi connectivity index (χ4n) is 3.22. The van der Waals surface area contributed by atoms with Gasteiger partial charge in [0.05, 0.1) is 11.6 Å². The van der Waals surface area contributed by atoms with E-state index < -0.39 is 5.97 Å². The zero-order chi connectivity index (χ0) is 18.5. The Balaban J connectivity index is 1.52. The summed E-state index contributed by atoms with van der Waals surface area (Å²) in [6, 6.07) is 12.7. The normalized spacial score (nSPS) is 14.2. The number of hydrogen-bond acceptors (Lipinski definition) is 4. The number of hydrogen-bond donors (Lipinski definition) is 2. The molecule has 1 amide bonds. The van der Waals surface area contributed by atoms with Crippen LogP contribution in [-0.2, 0) is 22.4 Å². The minimum atomic E-state index is -0.540. The first kappa shape index (κ1) is 18.0. The Kier molecular flexibility index (Phi) is 5.56. The minimum Gasteiger partial charge on any atom is -0.452 e. The molecular weight excluding hydrogens is 328 g/mol. The van der Waals surface area contributed by atoms with Gasteiger partial charge in [-0.1, -0.05) is 18.2 Å². The zero-order valence-corrected chi connectivity index (χ0v) is 15.0. The number of anilines is 1. The molecule has 3 N–H and O–H groups in total. The van der Waals surface area contributed by atoms with Gasteiger partial charge >= 0.3 is 5.97 Å². The van der Waals surface area contributed by atoms with E-state index in [1.54, 1.807) is 24.3 Å². The van der Waals surface area contributed by atoms with E-state index in [0.29, 0.717) is 11.3 Å². The van der Waals surface area contributed by atoms with Gasteiger partial charge in [-0.15, -0.1) is 0 Å². The van der Waals surface area contributed by atoms with Gasteiger partial charge in [-0.05, 0) is 73.6 Å². The van der Waals surface area contributed by atoms with Crippen LogP contribution in [-0.4, -0.2) is 18.5 Å². The second-order valence-corrected chi connectivity index (χ2v) is 6.72. The highest BCUT2D eigenvalue weighted by Crippen LogP contribution is 2.24. The summed E-state index contributed by atoms with van der Waals surface area (Å²) in [5.41, 5.74) is 10.4. The Labute approximate surface area is 153 Å². The molecule has 2 aromatic rings. The van der Waals surface area contributed by atoms with E-state index in [-0.39, 0.29) is 18.6 Å². The first-order valence-corrected chi connectivity index (χ1v) is 8.96. The average Bonchev–Trinajstić information content (AvgIpc) is 2.66. The number of carbonyl (C=O) groups is 2. The molecule has 3 rings (SSSR count). The molecule has 0 radical (unpaired) electrons. The molecule has 136 valence electrons. The molecule has 0 saturated carbocycles. The van der Waals surface area contributed by atoms with Crippen LogP contribution >= 0.6 is 0 Å². The summed E-state index contributed by atoms with van der Waals surface area (Å²) in [7, 11) is 0. The number of nitrogen functional groups attached to an aromatic ring is 1. The standard InChI is InChI=1S/C21H24N2O3/c1-14(17-7-6-15-4-2-3-5-18(15)12-17)23-20(24)13-26-21(25)16-8-10-19(22)11-9-16/h6-12,14H,2-5,13,22H2,1H3,(H,23,24)/t14-/m1/s1. The Hall–Kier alpha value is -2.82. The van der Waals surface area contributed by atoms with Crippen molar-refractivity contribution in [2.24, 2.45) is 0 Å². The molecule has 1 aliphatic rings. The van der Waals surface area contributed by atoms with Crippen molar-refractivity contribution in [3.8, 4) is 0 Å². The predicted octanol–water partition coefficient (Wildman–Crippen LogP) is 3.18. The molecule has 5 nitrogen and oxygen atoms in total. The van der Waals surface area contributed by atoms with Gasteiger partial charge in [-0.3, -0.25) is 4.79 Å². The quantitative estimate of drug-likeness (QED) is 0.640. The number of rotatable bonds is 5. The molecule has 0 heterocycles. The van der Waals surface area contributed by atoms with Gasteiger partial charge in [0.25, 0.3) is 5.91 Å². The number of amides is 1. The van der Waals surface area contributed by atoms with Crippen LogP contribution in [0.4, 0.5) is 5.69 Å². The molecule has 1 atom stereocenters. The Bertz CT molecular complexity index is 799. The van der Waals surface area contributed by atoms with Crippen LogP contribution in [0.5, 0.6) is 0 Å². The number of benzene rings is 2. The largest absolute Gasteiger partial charge is 0.452 e. The molecule has 26 heavy (non-hydrogen) atoms. The number of fused-ring (bicyclic) bond motifs is 1. The van der Waals surface area contributed by atoms with E-state index >= 15 is 0 Å². The smallest absolute Gasteiger partial charge is 0.338 e. The lowest BCUT2D eigenvalue weighted by molar-refractivity contribution is -0.124. The highest BCUT2D eigenvalue weighted by atomic mass is 16.5. The number of nitrogens with two attached hydrogens (primary N) is 1. The van der Waals surface area contributed by atoms with Gasteiger partial charge < -0.3 is 15.8 Å². The van der Waals surface area contributed by atoms with Gasteiger partial charge in [0.1, 0.15) is 0 Å². The van der Waals surface area contributed by atoms with Gasteiger partial charge in [0.15, 0.2) is 6.61 Å². The van der Waals surface area contributed by atoms with Crippen LogP contribution in [0.3, 0.4) is 0 Å². The zero-order valence-electron chi connectivity index (χ0n) is 15.0. The van der Waals surface area contributed by atoms with E-state index in [9.17, 15) is 9.59 Å². The van der Waals surface area contributed by atoms with Crippen molar-refractivity contribution in [1.29, 1.82) is 0 Å². The van der Waals surface area contributed by atoms with Crippen molar-refractivity contribution in [1.82, 2.24) is 5.32 Å². The number of nitrogens with one attached hydrogen (secondary N) is 1. The summed E-state index contributed by atoms with van der Waals surface area (Å²) in [4.78, 5) is 24.0. The fourth-order valence-corrected chi connectivity index (χ4v) is 3.22. The summed E-state index contributed by atoms with van der Waals surface area (Å²) < 4.78 is 5.07. The van der Waals surface area contributed by atoms with Gasteiger partial charge in [0.2, 0.25) is 0 Å². The molecule has 0 aromatic heterocycles. The van der Waals surface area contributed by atoms with E-state index in [0.717, 1.165) is 18.4 Å². The first-order valence-electron chi connectivity index (χ1n) is 8.96. The monoisotopic (exact) mass is 352 g/mol. The van der Waals surface area contributed by atoms with Gasteiger partial charge in [-0.25, -0.2) is 4.79 Å². The molecule has 1 aliphatic carbocycles. The maximum Gasteiger partial charge on any atom is 0.338 e. The Morgan fingerprint density at radius 2 is 1.77 bits per heavy atom. The molecule has 0 unspecified atom stereocenters. The summed E-state index contributed by atoms with van der Waals surface area (Å²) >= 11 is 0. The number of aryl methyl sites for hydroxylation is 2. The van der Waals surface area contributed by atoms with E-state index in [2.05, 4.69) is 23.5 Å². The maximum absolute atomic E-state index is 12.1. The summed E-state index contributed by atoms with van der Waals surface area (Å²) in [5, 5.41) is 2.88. The summed E-state index contributed by atoms with van der Waals surface area (Å²) in [6.07, 6.45) is 4.71. The molecular formula is C21H24N2O3. The van der Waals surface area contributed by atoms with E-state index in [1.807, 2.05) is 6.92 Å². The Morgan fingerprint density at radius 1 is 1.08 bits per heavy atom. The third-order valence-electron chi connectivity index (χ3n) is 4.73. The van der Waals surface area contributed by atoms with Crippen LogP contribution in [0.15, 0.2) is 42.5 Å². The topological polar surface area (TPSA) is 81.4 Å². The lowest BCUT2D eigenvalue weighted by Crippen LogP contribution is -2.31. The summed E-state index contributed by atoms with van der Waals surface area (Å²) in [5.74, 6) is -0.861. The number of carbonyl (C=O) groups excluding carboxylic acids is 2. The van der Waals surface area contributed by atoms with Crippen molar-refractivity contribution in [2.45, 2.75) is 38.6 Å². The highest BCUT2D eigenvalue weighted by molar-refractivity contribution is 5.91. The van der Waals surface area contributed by atoms with Crippen LogP contribution in [0.1, 0.15) is 52.9 Å². The maximum atomic E-state index is 12.1. The first-order chi connectivity index (χ1) is 12.5. The average molecular weight is 352 g/mol. The van der Waals surface area contributed by atoms with Crippen molar-refractivity contribution in [2.75, 3.05) is 12.3 Å².